The Bertz CT molecular complexity index is 1290. The number of rotatable bonds is 7. The number of hydrogen-bond acceptors (Lipinski definition) is 6. The summed E-state index contributed by atoms with van der Waals surface area (Å²) in [4.78, 5) is 21.7. The highest BCUT2D eigenvalue weighted by molar-refractivity contribution is 7.98. The maximum Gasteiger partial charge on any atom is 0.289 e. The summed E-state index contributed by atoms with van der Waals surface area (Å²) in [5.74, 6) is 1.63. The van der Waals surface area contributed by atoms with Crippen LogP contribution in [0.1, 0.15) is 27.4 Å². The molecule has 1 aliphatic rings. The van der Waals surface area contributed by atoms with Crippen LogP contribution >= 0.6 is 11.8 Å². The highest BCUT2D eigenvalue weighted by atomic mass is 32.2. The summed E-state index contributed by atoms with van der Waals surface area (Å²) in [6, 6.07) is 19.8. The third-order valence-corrected chi connectivity index (χ3v) is 6.79. The van der Waals surface area contributed by atoms with Gasteiger partial charge in [0.1, 0.15) is 11.3 Å². The number of furan rings is 1. The fraction of sp³-hybridized carbons (Fsp3) is 0.259. The Hall–Kier alpha value is -3.29. The van der Waals surface area contributed by atoms with Crippen LogP contribution in [0.2, 0.25) is 0 Å². The van der Waals surface area contributed by atoms with E-state index in [1.54, 1.807) is 6.07 Å². The van der Waals surface area contributed by atoms with Crippen molar-refractivity contribution in [3.05, 3.63) is 89.4 Å². The Morgan fingerprint density at radius 2 is 1.82 bits per heavy atom. The van der Waals surface area contributed by atoms with Gasteiger partial charge in [0, 0.05) is 32.7 Å². The van der Waals surface area contributed by atoms with Gasteiger partial charge in [-0.05, 0) is 36.2 Å². The van der Waals surface area contributed by atoms with Gasteiger partial charge in [0.15, 0.2) is 11.3 Å². The number of carbonyl (C=O) groups excluding carboxylic acids is 1. The van der Waals surface area contributed by atoms with Gasteiger partial charge in [-0.3, -0.25) is 9.69 Å². The van der Waals surface area contributed by atoms with E-state index in [1.165, 1.54) is 17.3 Å². The van der Waals surface area contributed by atoms with Crippen LogP contribution in [0.15, 0.2) is 80.8 Å². The van der Waals surface area contributed by atoms with Crippen molar-refractivity contribution in [1.82, 2.24) is 14.8 Å². The normalized spacial score (nSPS) is 14.9. The van der Waals surface area contributed by atoms with E-state index in [4.69, 9.17) is 8.83 Å². The molecule has 7 heteroatoms. The van der Waals surface area contributed by atoms with Gasteiger partial charge in [-0.2, -0.15) is 0 Å². The van der Waals surface area contributed by atoms with Gasteiger partial charge in [0.2, 0.25) is 0 Å². The average molecular weight is 474 g/mol. The summed E-state index contributed by atoms with van der Waals surface area (Å²) in [6.45, 7) is 6.01. The van der Waals surface area contributed by atoms with Gasteiger partial charge < -0.3 is 13.7 Å². The molecule has 0 unspecified atom stereocenters. The molecule has 1 amide bonds. The molecule has 0 saturated carbocycles. The minimum atomic E-state index is -0.0479. The van der Waals surface area contributed by atoms with E-state index in [-0.39, 0.29) is 5.91 Å². The number of amides is 1. The Balaban J connectivity index is 1.11. The van der Waals surface area contributed by atoms with Crippen molar-refractivity contribution in [2.75, 3.05) is 32.7 Å². The molecule has 1 fully saturated rings. The van der Waals surface area contributed by atoms with E-state index < -0.39 is 0 Å². The maximum absolute atomic E-state index is 12.9. The number of hydrogen-bond donors (Lipinski definition) is 0. The molecule has 34 heavy (non-hydrogen) atoms. The summed E-state index contributed by atoms with van der Waals surface area (Å²) in [5.41, 5.74) is 3.96. The zero-order valence-corrected chi connectivity index (χ0v) is 20.0. The smallest absolute Gasteiger partial charge is 0.289 e. The number of piperazine rings is 1. The lowest BCUT2D eigenvalue weighted by atomic mass is 10.2. The predicted octanol–water partition coefficient (Wildman–Crippen LogP) is 5.49. The van der Waals surface area contributed by atoms with Gasteiger partial charge >= 0.3 is 0 Å². The van der Waals surface area contributed by atoms with Crippen LogP contribution in [0, 0.1) is 6.92 Å². The first kappa shape index (κ1) is 22.5. The fourth-order valence-corrected chi connectivity index (χ4v) is 4.75. The Labute approximate surface area is 203 Å². The van der Waals surface area contributed by atoms with Crippen LogP contribution in [0.4, 0.5) is 0 Å². The van der Waals surface area contributed by atoms with Gasteiger partial charge in [-0.15, -0.1) is 0 Å². The summed E-state index contributed by atoms with van der Waals surface area (Å²) in [6.07, 6.45) is 4.32. The van der Waals surface area contributed by atoms with E-state index in [9.17, 15) is 4.79 Å². The molecule has 0 spiro atoms. The van der Waals surface area contributed by atoms with Crippen LogP contribution in [0.5, 0.6) is 0 Å². The van der Waals surface area contributed by atoms with Crippen LogP contribution in [-0.2, 0) is 5.75 Å². The van der Waals surface area contributed by atoms with Gasteiger partial charge in [0.05, 0.1) is 5.75 Å². The van der Waals surface area contributed by atoms with Crippen molar-refractivity contribution in [3.8, 4) is 0 Å². The van der Waals surface area contributed by atoms with Crippen LogP contribution in [0.3, 0.4) is 0 Å². The molecule has 1 saturated heterocycles. The molecule has 3 heterocycles. The minimum absolute atomic E-state index is 0.0479. The number of nitrogens with zero attached hydrogens (tertiary/aromatic N) is 3. The van der Waals surface area contributed by atoms with Crippen molar-refractivity contribution in [3.63, 3.8) is 0 Å². The topological polar surface area (TPSA) is 62.7 Å². The largest absolute Gasteiger partial charge is 0.455 e. The Kier molecular flexibility index (Phi) is 6.83. The van der Waals surface area contributed by atoms with Crippen LogP contribution in [0.25, 0.3) is 17.2 Å². The molecular formula is C27H27N3O3S. The Morgan fingerprint density at radius 1 is 1.00 bits per heavy atom. The first-order chi connectivity index (χ1) is 16.7. The third-order valence-electron chi connectivity index (χ3n) is 5.94. The first-order valence-corrected chi connectivity index (χ1v) is 12.5. The van der Waals surface area contributed by atoms with Crippen molar-refractivity contribution in [2.24, 2.45) is 0 Å². The minimum Gasteiger partial charge on any atom is -0.455 e. The lowest BCUT2D eigenvalue weighted by Gasteiger charge is -2.33. The van der Waals surface area contributed by atoms with E-state index in [0.717, 1.165) is 42.1 Å². The van der Waals surface area contributed by atoms with Crippen LogP contribution < -0.4 is 0 Å². The quantitative estimate of drug-likeness (QED) is 0.331. The van der Waals surface area contributed by atoms with E-state index >= 15 is 0 Å². The summed E-state index contributed by atoms with van der Waals surface area (Å²) in [7, 11) is 0. The molecule has 0 atom stereocenters. The molecule has 0 N–H and O–H groups in total. The molecule has 4 aromatic rings. The molecule has 1 aliphatic heterocycles. The van der Waals surface area contributed by atoms with E-state index in [1.807, 2.05) is 54.3 Å². The summed E-state index contributed by atoms with van der Waals surface area (Å²) in [5, 5.41) is 0.603. The van der Waals surface area contributed by atoms with Gasteiger partial charge in [0.25, 0.3) is 11.1 Å². The van der Waals surface area contributed by atoms with Crippen molar-refractivity contribution in [2.45, 2.75) is 17.9 Å². The molecule has 0 aliphatic carbocycles. The molecule has 6 nitrogen and oxygen atoms in total. The molecule has 0 radical (unpaired) electrons. The van der Waals surface area contributed by atoms with Gasteiger partial charge in [-0.25, -0.2) is 4.98 Å². The second-order valence-corrected chi connectivity index (χ2v) is 9.29. The second-order valence-electron chi connectivity index (χ2n) is 8.36. The molecule has 2 aromatic heterocycles. The lowest BCUT2D eigenvalue weighted by molar-refractivity contribution is 0.0617. The van der Waals surface area contributed by atoms with Crippen molar-refractivity contribution >= 4 is 34.8 Å². The number of fused-ring (bicyclic) bond motifs is 1. The molecule has 5 rings (SSSR count). The number of thioether (sulfide) groups is 1. The van der Waals surface area contributed by atoms with E-state index in [0.29, 0.717) is 29.8 Å². The standard InChI is InChI=1S/C27H27N3O3S/c1-20-7-5-11-23-25(20)28-27(33-23)34-19-22-12-13-24(32-22)26(31)30-17-15-29(16-18-30)14-6-10-21-8-3-2-4-9-21/h2-13H,14-19H2,1H3. The number of aryl methyl sites for hydroxylation is 1. The highest BCUT2D eigenvalue weighted by Gasteiger charge is 2.24. The van der Waals surface area contributed by atoms with E-state index in [2.05, 4.69) is 34.2 Å². The van der Waals surface area contributed by atoms with Crippen molar-refractivity contribution in [1.29, 1.82) is 0 Å². The fourth-order valence-electron chi connectivity index (χ4n) is 4.02. The SMILES string of the molecule is Cc1cccc2oc(SCc3ccc(C(=O)N4CCN(CC=Cc5ccccc5)CC4)o3)nc12. The predicted molar refractivity (Wildman–Crippen MR) is 135 cm³/mol. The molecule has 0 bridgehead atoms. The third kappa shape index (κ3) is 5.26. The first-order valence-electron chi connectivity index (χ1n) is 11.5. The number of benzene rings is 2. The maximum atomic E-state index is 12.9. The molecule has 174 valence electrons. The highest BCUT2D eigenvalue weighted by Crippen LogP contribution is 2.28. The zero-order chi connectivity index (χ0) is 23.3. The molecular weight excluding hydrogens is 446 g/mol. The number of para-hydroxylation sites is 1. The number of carbonyl (C=O) groups is 1. The zero-order valence-electron chi connectivity index (χ0n) is 19.1. The van der Waals surface area contributed by atoms with Crippen molar-refractivity contribution < 1.29 is 13.6 Å². The second kappa shape index (κ2) is 10.3. The molecule has 2 aromatic carbocycles. The number of aromatic nitrogens is 1. The van der Waals surface area contributed by atoms with Gasteiger partial charge in [-0.1, -0.05) is 66.4 Å². The Morgan fingerprint density at radius 3 is 2.62 bits per heavy atom. The van der Waals surface area contributed by atoms with Crippen LogP contribution in [-0.4, -0.2) is 53.4 Å². The average Bonchev–Trinajstić information content (AvgIpc) is 3.51. The summed E-state index contributed by atoms with van der Waals surface area (Å²) >= 11 is 1.47. The number of oxazole rings is 1. The summed E-state index contributed by atoms with van der Waals surface area (Å²) < 4.78 is 11.7. The monoisotopic (exact) mass is 473 g/mol. The lowest BCUT2D eigenvalue weighted by Crippen LogP contribution is -2.48.